The Morgan fingerprint density at radius 1 is 1.48 bits per heavy atom. The first-order chi connectivity index (χ1) is 10.0. The van der Waals surface area contributed by atoms with Crippen LogP contribution in [-0.4, -0.2) is 21.7 Å². The molecule has 1 heterocycles. The van der Waals surface area contributed by atoms with Crippen LogP contribution in [0.5, 0.6) is 0 Å². The lowest BCUT2D eigenvalue weighted by Gasteiger charge is -2.10. The zero-order valence-corrected chi connectivity index (χ0v) is 13.5. The van der Waals surface area contributed by atoms with Gasteiger partial charge in [0, 0.05) is 23.0 Å². The fourth-order valence-corrected chi connectivity index (χ4v) is 2.38. The average molecular weight is 351 g/mol. The Kier molecular flexibility index (Phi) is 5.52. The van der Waals surface area contributed by atoms with Gasteiger partial charge >= 0.3 is 0 Å². The number of amides is 1. The third kappa shape index (κ3) is 4.99. The van der Waals surface area contributed by atoms with E-state index in [4.69, 9.17) is 5.73 Å². The molecule has 1 unspecified atom stereocenters. The summed E-state index contributed by atoms with van der Waals surface area (Å²) in [6, 6.07) is 9.83. The van der Waals surface area contributed by atoms with Crippen molar-refractivity contribution in [3.05, 3.63) is 46.6 Å². The van der Waals surface area contributed by atoms with Crippen LogP contribution in [0.2, 0.25) is 0 Å². The Balaban J connectivity index is 2.00. The van der Waals surface area contributed by atoms with E-state index in [1.807, 2.05) is 31.2 Å². The summed E-state index contributed by atoms with van der Waals surface area (Å²) in [5, 5.41) is 7.13. The number of nitrogens with one attached hydrogen (secondary N) is 1. The fourth-order valence-electron chi connectivity index (χ4n) is 1.94. The smallest absolute Gasteiger partial charge is 0.225 e. The van der Waals surface area contributed by atoms with E-state index in [2.05, 4.69) is 26.3 Å². The minimum Gasteiger partial charge on any atom is -0.328 e. The number of carbonyl (C=O) groups is 1. The molecule has 3 N–H and O–H groups in total. The summed E-state index contributed by atoms with van der Waals surface area (Å²) in [6.07, 6.45) is 2.77. The summed E-state index contributed by atoms with van der Waals surface area (Å²) in [6.45, 7) is 2.50. The van der Waals surface area contributed by atoms with Gasteiger partial charge in [0.15, 0.2) is 0 Å². The first-order valence-electron chi connectivity index (χ1n) is 6.86. The van der Waals surface area contributed by atoms with Crippen molar-refractivity contribution in [1.82, 2.24) is 9.78 Å². The molecule has 1 atom stereocenters. The predicted molar refractivity (Wildman–Crippen MR) is 87.0 cm³/mol. The summed E-state index contributed by atoms with van der Waals surface area (Å²) >= 11 is 3.45. The maximum absolute atomic E-state index is 11.9. The van der Waals surface area contributed by atoms with Gasteiger partial charge in [-0.05, 0) is 31.0 Å². The van der Waals surface area contributed by atoms with E-state index < -0.39 is 0 Å². The molecule has 0 spiro atoms. The number of nitrogens with two attached hydrogens (primary N) is 1. The molecule has 112 valence electrons. The van der Waals surface area contributed by atoms with Crippen LogP contribution in [0.3, 0.4) is 0 Å². The quantitative estimate of drug-likeness (QED) is 0.841. The van der Waals surface area contributed by atoms with Crippen molar-refractivity contribution in [1.29, 1.82) is 0 Å². The molecule has 1 aromatic heterocycles. The van der Waals surface area contributed by atoms with Crippen molar-refractivity contribution in [3.63, 3.8) is 0 Å². The van der Waals surface area contributed by atoms with Crippen molar-refractivity contribution >= 4 is 27.7 Å². The zero-order valence-electron chi connectivity index (χ0n) is 11.9. The topological polar surface area (TPSA) is 72.9 Å². The molecule has 0 aliphatic rings. The molecule has 0 fully saturated rings. The highest BCUT2D eigenvalue weighted by atomic mass is 79.9. The van der Waals surface area contributed by atoms with Crippen LogP contribution in [0.4, 0.5) is 5.82 Å². The molecule has 6 heteroatoms. The molecule has 0 saturated heterocycles. The Morgan fingerprint density at radius 3 is 3.00 bits per heavy atom. The first kappa shape index (κ1) is 15.7. The van der Waals surface area contributed by atoms with Gasteiger partial charge in [-0.15, -0.1) is 0 Å². The van der Waals surface area contributed by atoms with E-state index in [1.165, 1.54) is 0 Å². The Hall–Kier alpha value is -1.66. The Bertz CT molecular complexity index is 609. The van der Waals surface area contributed by atoms with Gasteiger partial charge in [0.2, 0.25) is 5.91 Å². The van der Waals surface area contributed by atoms with Gasteiger partial charge in [-0.25, -0.2) is 4.68 Å². The highest BCUT2D eigenvalue weighted by Gasteiger charge is 2.08. The van der Waals surface area contributed by atoms with Gasteiger partial charge in [-0.3, -0.25) is 4.79 Å². The lowest BCUT2D eigenvalue weighted by Crippen LogP contribution is -2.20. The average Bonchev–Trinajstić information content (AvgIpc) is 2.84. The molecule has 1 amide bonds. The highest BCUT2D eigenvalue weighted by Crippen LogP contribution is 2.15. The number of hydrogen-bond acceptors (Lipinski definition) is 3. The van der Waals surface area contributed by atoms with Gasteiger partial charge in [0.05, 0.1) is 12.7 Å². The van der Waals surface area contributed by atoms with Gasteiger partial charge in [-0.2, -0.15) is 5.10 Å². The Labute approximate surface area is 132 Å². The molecule has 0 saturated carbocycles. The molecule has 0 radical (unpaired) electrons. The number of rotatable bonds is 6. The van der Waals surface area contributed by atoms with E-state index in [1.54, 1.807) is 16.9 Å². The van der Waals surface area contributed by atoms with Crippen LogP contribution in [0.1, 0.15) is 25.3 Å². The van der Waals surface area contributed by atoms with E-state index in [0.717, 1.165) is 10.0 Å². The lowest BCUT2D eigenvalue weighted by molar-refractivity contribution is -0.116. The van der Waals surface area contributed by atoms with Gasteiger partial charge in [0.1, 0.15) is 5.82 Å². The van der Waals surface area contributed by atoms with Crippen molar-refractivity contribution in [2.75, 3.05) is 5.32 Å². The number of nitrogens with zero attached hydrogens (tertiary/aromatic N) is 2. The van der Waals surface area contributed by atoms with Crippen LogP contribution >= 0.6 is 15.9 Å². The molecular weight excluding hydrogens is 332 g/mol. The van der Waals surface area contributed by atoms with E-state index in [0.29, 0.717) is 25.2 Å². The van der Waals surface area contributed by atoms with Gasteiger partial charge in [-0.1, -0.05) is 28.1 Å². The van der Waals surface area contributed by atoms with Crippen LogP contribution in [-0.2, 0) is 11.3 Å². The maximum atomic E-state index is 11.9. The van der Waals surface area contributed by atoms with Gasteiger partial charge in [0.25, 0.3) is 0 Å². The van der Waals surface area contributed by atoms with E-state index in [9.17, 15) is 4.79 Å². The molecular formula is C15H19BrN4O. The summed E-state index contributed by atoms with van der Waals surface area (Å²) in [5.41, 5.74) is 6.77. The molecule has 1 aromatic carbocycles. The molecule has 2 rings (SSSR count). The lowest BCUT2D eigenvalue weighted by atomic mass is 10.2. The number of carbonyl (C=O) groups excluding carboxylic acids is 1. The van der Waals surface area contributed by atoms with E-state index >= 15 is 0 Å². The molecule has 0 bridgehead atoms. The van der Waals surface area contributed by atoms with Crippen LogP contribution < -0.4 is 11.1 Å². The number of hydrogen-bond donors (Lipinski definition) is 2. The second kappa shape index (κ2) is 7.38. The van der Waals surface area contributed by atoms with Gasteiger partial charge < -0.3 is 11.1 Å². The van der Waals surface area contributed by atoms with Crippen molar-refractivity contribution < 1.29 is 4.79 Å². The summed E-state index contributed by atoms with van der Waals surface area (Å²) < 4.78 is 2.79. The van der Waals surface area contributed by atoms with Crippen LogP contribution in [0.25, 0.3) is 0 Å². The normalized spacial score (nSPS) is 12.1. The number of benzene rings is 1. The van der Waals surface area contributed by atoms with E-state index in [-0.39, 0.29) is 11.9 Å². The van der Waals surface area contributed by atoms with Crippen molar-refractivity contribution in [2.45, 2.75) is 32.4 Å². The minimum atomic E-state index is -0.0386. The molecule has 21 heavy (non-hydrogen) atoms. The number of halogens is 1. The molecule has 0 aliphatic carbocycles. The monoisotopic (exact) mass is 350 g/mol. The predicted octanol–water partition coefficient (Wildman–Crippen LogP) is 2.76. The third-order valence-corrected chi connectivity index (χ3v) is 3.53. The SMILES string of the molecule is CC(N)CCC(=O)Nc1ccnn1Cc1cccc(Br)c1. The number of aromatic nitrogens is 2. The number of anilines is 1. The Morgan fingerprint density at radius 2 is 2.29 bits per heavy atom. The fraction of sp³-hybridized carbons (Fsp3) is 0.333. The largest absolute Gasteiger partial charge is 0.328 e. The summed E-state index contributed by atoms with van der Waals surface area (Å²) in [4.78, 5) is 11.9. The first-order valence-corrected chi connectivity index (χ1v) is 7.65. The highest BCUT2D eigenvalue weighted by molar-refractivity contribution is 9.10. The minimum absolute atomic E-state index is 0.0299. The van der Waals surface area contributed by atoms with Crippen LogP contribution in [0, 0.1) is 0 Å². The molecule has 5 nitrogen and oxygen atoms in total. The third-order valence-electron chi connectivity index (χ3n) is 3.03. The van der Waals surface area contributed by atoms with Crippen molar-refractivity contribution in [3.8, 4) is 0 Å². The van der Waals surface area contributed by atoms with Crippen LogP contribution in [0.15, 0.2) is 41.0 Å². The summed E-state index contributed by atoms with van der Waals surface area (Å²) in [7, 11) is 0. The summed E-state index contributed by atoms with van der Waals surface area (Å²) in [5.74, 6) is 0.660. The molecule has 0 aliphatic heterocycles. The maximum Gasteiger partial charge on any atom is 0.225 e. The second-order valence-corrected chi connectivity index (χ2v) is 5.98. The second-order valence-electron chi connectivity index (χ2n) is 5.07. The standard InChI is InChI=1S/C15H19BrN4O/c1-11(17)5-6-15(21)19-14-7-8-18-20(14)10-12-3-2-4-13(16)9-12/h2-4,7-9,11H,5-6,10,17H2,1H3,(H,19,21). The molecule has 2 aromatic rings. The zero-order chi connectivity index (χ0) is 15.2. The van der Waals surface area contributed by atoms with Crippen molar-refractivity contribution in [2.24, 2.45) is 5.73 Å².